The zero-order valence-corrected chi connectivity index (χ0v) is 11.9. The molecule has 5 nitrogen and oxygen atoms in total. The molecule has 3 fully saturated rings. The van der Waals surface area contributed by atoms with Crippen molar-refractivity contribution in [2.45, 2.75) is 56.7 Å². The van der Waals surface area contributed by atoms with E-state index in [0.29, 0.717) is 6.61 Å². The Labute approximate surface area is 118 Å². The van der Waals surface area contributed by atoms with Gasteiger partial charge in [-0.1, -0.05) is 18.6 Å². The molecule has 2 heterocycles. The van der Waals surface area contributed by atoms with Gasteiger partial charge in [0.05, 0.1) is 25.4 Å². The number of epoxide rings is 1. The quantitative estimate of drug-likeness (QED) is 0.465. The predicted octanol–water partition coefficient (Wildman–Crippen LogP) is -0.0167. The Morgan fingerprint density at radius 2 is 2.10 bits per heavy atom. The van der Waals surface area contributed by atoms with Crippen LogP contribution in [0.15, 0.2) is 11.6 Å². The lowest BCUT2D eigenvalue weighted by molar-refractivity contribution is -0.226. The molecule has 2 aliphatic carbocycles. The van der Waals surface area contributed by atoms with Crippen molar-refractivity contribution < 1.29 is 24.8 Å². The summed E-state index contributed by atoms with van der Waals surface area (Å²) < 4.78 is 11.8. The first-order valence-corrected chi connectivity index (χ1v) is 7.37. The third-order valence-electron chi connectivity index (χ3n) is 6.57. The Hall–Kier alpha value is -0.460. The number of hydrogen-bond donors (Lipinski definition) is 3. The summed E-state index contributed by atoms with van der Waals surface area (Å²) in [5, 5.41) is 31.2. The number of allylic oxidation sites excluding steroid dienone is 1. The molecule has 3 N–H and O–H groups in total. The third-order valence-corrected chi connectivity index (χ3v) is 6.57. The van der Waals surface area contributed by atoms with E-state index < -0.39 is 34.7 Å². The van der Waals surface area contributed by atoms with E-state index >= 15 is 0 Å². The van der Waals surface area contributed by atoms with Crippen LogP contribution in [-0.4, -0.2) is 58.6 Å². The Bertz CT molecular complexity index is 485. The summed E-state index contributed by atoms with van der Waals surface area (Å²) in [5.74, 6) is 0. The van der Waals surface area contributed by atoms with Crippen LogP contribution >= 0.6 is 0 Å². The molecule has 1 saturated carbocycles. The van der Waals surface area contributed by atoms with Gasteiger partial charge >= 0.3 is 0 Å². The minimum Gasteiger partial charge on any atom is -0.396 e. The number of aliphatic hydroxyl groups excluding tert-OH is 3. The van der Waals surface area contributed by atoms with E-state index in [9.17, 15) is 15.3 Å². The van der Waals surface area contributed by atoms with Crippen LogP contribution in [0.1, 0.15) is 26.7 Å². The molecule has 0 radical (unpaired) electrons. The fourth-order valence-electron chi connectivity index (χ4n) is 5.06. The molecule has 2 aliphatic heterocycles. The van der Waals surface area contributed by atoms with Gasteiger partial charge in [-0.05, 0) is 19.8 Å². The molecule has 20 heavy (non-hydrogen) atoms. The van der Waals surface area contributed by atoms with Crippen LogP contribution < -0.4 is 0 Å². The van der Waals surface area contributed by atoms with Gasteiger partial charge in [-0.2, -0.15) is 0 Å². The summed E-state index contributed by atoms with van der Waals surface area (Å²) in [7, 11) is 0. The summed E-state index contributed by atoms with van der Waals surface area (Å²) in [5.41, 5.74) is -0.668. The highest BCUT2D eigenvalue weighted by molar-refractivity contribution is 5.34. The second kappa shape index (κ2) is 3.65. The van der Waals surface area contributed by atoms with Gasteiger partial charge in [0.25, 0.3) is 0 Å². The number of fused-ring (bicyclic) bond motifs is 2. The predicted molar refractivity (Wildman–Crippen MR) is 70.0 cm³/mol. The summed E-state index contributed by atoms with van der Waals surface area (Å²) in [6, 6.07) is 0. The lowest BCUT2D eigenvalue weighted by Gasteiger charge is -2.57. The van der Waals surface area contributed by atoms with Crippen molar-refractivity contribution in [3.8, 4) is 0 Å². The largest absolute Gasteiger partial charge is 0.396 e. The van der Waals surface area contributed by atoms with Gasteiger partial charge in [0, 0.05) is 10.8 Å². The normalized spacial score (nSPS) is 60.4. The number of hydrogen-bond acceptors (Lipinski definition) is 5. The van der Waals surface area contributed by atoms with Crippen LogP contribution in [0.25, 0.3) is 0 Å². The minimum absolute atomic E-state index is 0.0699. The zero-order chi connectivity index (χ0) is 14.3. The SMILES string of the molecule is CC1=C[C@H]2O[C@@H]3C(O)[C@@H](O)C(C)(C34CO4)[C@@]2(CO)CC1. The maximum atomic E-state index is 10.7. The average Bonchev–Trinajstić information content (AvgIpc) is 3.21. The van der Waals surface area contributed by atoms with Gasteiger partial charge in [0.15, 0.2) is 0 Å². The molecule has 1 spiro atoms. The van der Waals surface area contributed by atoms with Crippen molar-refractivity contribution in [3.63, 3.8) is 0 Å². The molecule has 0 amide bonds. The molecule has 2 saturated heterocycles. The van der Waals surface area contributed by atoms with E-state index in [1.807, 2.05) is 13.0 Å². The number of rotatable bonds is 1. The highest BCUT2D eigenvalue weighted by Gasteiger charge is 2.84. The smallest absolute Gasteiger partial charge is 0.129 e. The van der Waals surface area contributed by atoms with Gasteiger partial charge in [-0.25, -0.2) is 0 Å². The van der Waals surface area contributed by atoms with Gasteiger partial charge in [0.2, 0.25) is 0 Å². The Morgan fingerprint density at radius 1 is 1.40 bits per heavy atom. The van der Waals surface area contributed by atoms with Crippen molar-refractivity contribution in [2.75, 3.05) is 13.2 Å². The first kappa shape index (κ1) is 13.2. The van der Waals surface area contributed by atoms with Crippen LogP contribution in [0, 0.1) is 10.8 Å². The van der Waals surface area contributed by atoms with Crippen LogP contribution in [-0.2, 0) is 9.47 Å². The van der Waals surface area contributed by atoms with Crippen molar-refractivity contribution in [1.82, 2.24) is 0 Å². The molecule has 4 aliphatic rings. The van der Waals surface area contributed by atoms with Crippen molar-refractivity contribution in [3.05, 3.63) is 11.6 Å². The molecule has 4 rings (SSSR count). The van der Waals surface area contributed by atoms with Crippen LogP contribution in [0.4, 0.5) is 0 Å². The minimum atomic E-state index is -0.953. The molecule has 7 atom stereocenters. The first-order valence-electron chi connectivity index (χ1n) is 7.37. The van der Waals surface area contributed by atoms with Crippen LogP contribution in [0.2, 0.25) is 0 Å². The van der Waals surface area contributed by atoms with Gasteiger partial charge < -0.3 is 24.8 Å². The van der Waals surface area contributed by atoms with E-state index in [0.717, 1.165) is 12.8 Å². The molecule has 2 bridgehead atoms. The molecular weight excluding hydrogens is 260 g/mol. The fourth-order valence-corrected chi connectivity index (χ4v) is 5.06. The Balaban J connectivity index is 1.91. The maximum Gasteiger partial charge on any atom is 0.129 e. The van der Waals surface area contributed by atoms with Gasteiger partial charge in [0.1, 0.15) is 17.8 Å². The Kier molecular flexibility index (Phi) is 2.41. The zero-order valence-electron chi connectivity index (χ0n) is 11.9. The molecule has 0 aromatic rings. The van der Waals surface area contributed by atoms with E-state index in [-0.39, 0.29) is 12.7 Å². The summed E-state index contributed by atoms with van der Waals surface area (Å²) in [6.07, 6.45) is 1.01. The van der Waals surface area contributed by atoms with E-state index in [1.54, 1.807) is 0 Å². The van der Waals surface area contributed by atoms with E-state index in [1.165, 1.54) is 5.57 Å². The summed E-state index contributed by atoms with van der Waals surface area (Å²) in [6.45, 7) is 4.42. The number of ether oxygens (including phenoxy) is 2. The fraction of sp³-hybridized carbons (Fsp3) is 0.867. The summed E-state index contributed by atoms with van der Waals surface area (Å²) in [4.78, 5) is 0. The van der Waals surface area contributed by atoms with Crippen molar-refractivity contribution in [1.29, 1.82) is 0 Å². The molecule has 0 aromatic carbocycles. The van der Waals surface area contributed by atoms with Gasteiger partial charge in [-0.3, -0.25) is 0 Å². The summed E-state index contributed by atoms with van der Waals surface area (Å²) >= 11 is 0. The van der Waals surface area contributed by atoms with E-state index in [4.69, 9.17) is 9.47 Å². The highest BCUT2D eigenvalue weighted by atomic mass is 16.6. The van der Waals surface area contributed by atoms with Crippen LogP contribution in [0.5, 0.6) is 0 Å². The van der Waals surface area contributed by atoms with Crippen molar-refractivity contribution >= 4 is 0 Å². The molecule has 112 valence electrons. The molecule has 0 aromatic heterocycles. The lowest BCUT2D eigenvalue weighted by atomic mass is 9.51. The molecule has 5 heteroatoms. The lowest BCUT2D eigenvalue weighted by Crippen LogP contribution is -2.66. The maximum absolute atomic E-state index is 10.7. The second-order valence-corrected chi connectivity index (χ2v) is 7.12. The number of aliphatic hydroxyl groups is 3. The topological polar surface area (TPSA) is 82.5 Å². The molecular formula is C15H22O5. The van der Waals surface area contributed by atoms with Crippen LogP contribution in [0.3, 0.4) is 0 Å². The van der Waals surface area contributed by atoms with E-state index in [2.05, 4.69) is 6.92 Å². The average molecular weight is 282 g/mol. The van der Waals surface area contributed by atoms with Crippen molar-refractivity contribution in [2.24, 2.45) is 10.8 Å². The molecule has 3 unspecified atom stereocenters. The first-order chi connectivity index (χ1) is 9.43. The monoisotopic (exact) mass is 282 g/mol. The third kappa shape index (κ3) is 1.12. The Morgan fingerprint density at radius 3 is 2.70 bits per heavy atom. The second-order valence-electron chi connectivity index (χ2n) is 7.12. The highest BCUT2D eigenvalue weighted by Crippen LogP contribution is 2.71. The standard InChI is InChI=1S/C15H22O5/c1-8-3-4-14(6-16)9(5-8)20-12-10(17)11(18)13(14,2)15(12)7-19-15/h5,9-12,16-18H,3-4,6-7H2,1-2H3/t9-,10?,11-,12-,13?,14-,15?/m1/s1. The van der Waals surface area contributed by atoms with Gasteiger partial charge in [-0.15, -0.1) is 0 Å².